The van der Waals surface area contributed by atoms with Crippen molar-refractivity contribution in [2.75, 3.05) is 13.7 Å². The first-order chi connectivity index (χ1) is 9.79. The first-order valence-electron chi connectivity index (χ1n) is 7.64. The minimum absolute atomic E-state index is 0.456. The number of benzene rings is 1. The quantitative estimate of drug-likeness (QED) is 0.873. The summed E-state index contributed by atoms with van der Waals surface area (Å²) < 4.78 is 5.17. The zero-order valence-corrected chi connectivity index (χ0v) is 12.4. The third-order valence-electron chi connectivity index (χ3n) is 4.36. The predicted octanol–water partition coefficient (Wildman–Crippen LogP) is 3.56. The Morgan fingerprint density at radius 1 is 1.40 bits per heavy atom. The number of para-hydroxylation sites is 1. The summed E-state index contributed by atoms with van der Waals surface area (Å²) in [6.07, 6.45) is 4.74. The molecule has 0 bridgehead atoms. The number of aromatic amines is 1. The number of aromatic nitrogens is 1. The van der Waals surface area contributed by atoms with E-state index in [4.69, 9.17) is 4.74 Å². The Hall–Kier alpha value is -1.32. The van der Waals surface area contributed by atoms with E-state index < -0.39 is 0 Å². The highest BCUT2D eigenvalue weighted by atomic mass is 16.5. The Kier molecular flexibility index (Phi) is 4.08. The fourth-order valence-corrected chi connectivity index (χ4v) is 3.30. The summed E-state index contributed by atoms with van der Waals surface area (Å²) in [5.41, 5.74) is 4.20. The van der Waals surface area contributed by atoms with Gasteiger partial charge in [-0.1, -0.05) is 18.2 Å². The molecule has 1 aromatic heterocycles. The molecular weight excluding hydrogens is 248 g/mol. The summed E-state index contributed by atoms with van der Waals surface area (Å²) in [6, 6.07) is 9.60. The maximum Gasteiger partial charge on any atom is 0.0478 e. The molecule has 3 rings (SSSR count). The van der Waals surface area contributed by atoms with E-state index >= 15 is 0 Å². The van der Waals surface area contributed by atoms with Crippen molar-refractivity contribution in [2.24, 2.45) is 0 Å². The first-order valence-corrected chi connectivity index (χ1v) is 7.64. The van der Waals surface area contributed by atoms with Gasteiger partial charge in [-0.05, 0) is 44.2 Å². The van der Waals surface area contributed by atoms with Crippen LogP contribution in [0.1, 0.15) is 43.5 Å². The molecule has 3 heteroatoms. The molecule has 0 spiro atoms. The maximum absolute atomic E-state index is 5.17. The molecule has 0 radical (unpaired) electrons. The maximum atomic E-state index is 5.17. The van der Waals surface area contributed by atoms with E-state index in [0.717, 1.165) is 13.0 Å². The third kappa shape index (κ3) is 2.60. The van der Waals surface area contributed by atoms with Gasteiger partial charge in [0.2, 0.25) is 0 Å². The van der Waals surface area contributed by atoms with Gasteiger partial charge >= 0.3 is 0 Å². The van der Waals surface area contributed by atoms with E-state index in [9.17, 15) is 0 Å². The molecule has 20 heavy (non-hydrogen) atoms. The van der Waals surface area contributed by atoms with Crippen LogP contribution in [0.2, 0.25) is 0 Å². The van der Waals surface area contributed by atoms with Crippen LogP contribution in [0.4, 0.5) is 0 Å². The van der Waals surface area contributed by atoms with Crippen LogP contribution in [0.15, 0.2) is 24.3 Å². The number of fused-ring (bicyclic) bond motifs is 3. The zero-order valence-electron chi connectivity index (χ0n) is 12.4. The Morgan fingerprint density at radius 2 is 2.25 bits per heavy atom. The Morgan fingerprint density at radius 3 is 3.10 bits per heavy atom. The van der Waals surface area contributed by atoms with E-state index in [1.165, 1.54) is 41.4 Å². The van der Waals surface area contributed by atoms with Crippen molar-refractivity contribution >= 4 is 10.9 Å². The van der Waals surface area contributed by atoms with Gasteiger partial charge in [-0.25, -0.2) is 0 Å². The summed E-state index contributed by atoms with van der Waals surface area (Å²) in [4.78, 5) is 3.63. The molecule has 2 aromatic rings. The molecule has 0 saturated heterocycles. The number of nitrogens with one attached hydrogen (secondary N) is 2. The van der Waals surface area contributed by atoms with Gasteiger partial charge in [0.25, 0.3) is 0 Å². The van der Waals surface area contributed by atoms with Crippen LogP contribution in [-0.2, 0) is 11.2 Å². The number of hydrogen-bond acceptors (Lipinski definition) is 2. The zero-order chi connectivity index (χ0) is 13.9. The SMILES string of the molecule is COCCC(C)NC1CCCc2c1[nH]c1ccccc21. The lowest BCUT2D eigenvalue weighted by molar-refractivity contribution is 0.181. The van der Waals surface area contributed by atoms with Crippen molar-refractivity contribution in [3.05, 3.63) is 35.5 Å². The van der Waals surface area contributed by atoms with Crippen LogP contribution in [0.25, 0.3) is 10.9 Å². The highest BCUT2D eigenvalue weighted by molar-refractivity contribution is 5.85. The molecule has 0 aliphatic heterocycles. The fourth-order valence-electron chi connectivity index (χ4n) is 3.30. The summed E-state index contributed by atoms with van der Waals surface area (Å²) in [5.74, 6) is 0. The second-order valence-electron chi connectivity index (χ2n) is 5.86. The van der Waals surface area contributed by atoms with Crippen molar-refractivity contribution in [3.8, 4) is 0 Å². The monoisotopic (exact) mass is 272 g/mol. The van der Waals surface area contributed by atoms with Crippen molar-refractivity contribution in [2.45, 2.75) is 44.7 Å². The minimum atomic E-state index is 0.456. The lowest BCUT2D eigenvalue weighted by Crippen LogP contribution is -2.33. The van der Waals surface area contributed by atoms with Gasteiger partial charge < -0.3 is 15.0 Å². The number of ether oxygens (including phenoxy) is 1. The van der Waals surface area contributed by atoms with Gasteiger partial charge in [0, 0.05) is 42.4 Å². The Bertz CT molecular complexity index is 575. The van der Waals surface area contributed by atoms with Gasteiger partial charge in [0.1, 0.15) is 0 Å². The molecule has 1 heterocycles. The number of H-pyrrole nitrogens is 1. The van der Waals surface area contributed by atoms with Crippen molar-refractivity contribution in [1.29, 1.82) is 0 Å². The van der Waals surface area contributed by atoms with E-state index in [0.29, 0.717) is 12.1 Å². The highest BCUT2D eigenvalue weighted by Crippen LogP contribution is 2.34. The number of hydrogen-bond donors (Lipinski definition) is 2. The third-order valence-corrected chi connectivity index (χ3v) is 4.36. The Labute approximate surface area is 120 Å². The van der Waals surface area contributed by atoms with Crippen LogP contribution in [-0.4, -0.2) is 24.7 Å². The topological polar surface area (TPSA) is 37.0 Å². The molecule has 1 aliphatic rings. The van der Waals surface area contributed by atoms with E-state index in [-0.39, 0.29) is 0 Å². The molecule has 1 aliphatic carbocycles. The molecule has 2 N–H and O–H groups in total. The van der Waals surface area contributed by atoms with Gasteiger partial charge in [-0.2, -0.15) is 0 Å². The fraction of sp³-hybridized carbons (Fsp3) is 0.529. The molecule has 1 aromatic carbocycles. The molecule has 108 valence electrons. The molecule has 3 nitrogen and oxygen atoms in total. The van der Waals surface area contributed by atoms with Gasteiger partial charge in [0.05, 0.1) is 0 Å². The van der Waals surface area contributed by atoms with Crippen LogP contribution in [0, 0.1) is 0 Å². The summed E-state index contributed by atoms with van der Waals surface area (Å²) in [7, 11) is 1.77. The molecule has 2 unspecified atom stereocenters. The van der Waals surface area contributed by atoms with E-state index in [2.05, 4.69) is 41.5 Å². The average molecular weight is 272 g/mol. The number of methoxy groups -OCH3 is 1. The molecule has 0 amide bonds. The largest absolute Gasteiger partial charge is 0.385 e. The van der Waals surface area contributed by atoms with Crippen LogP contribution in [0.3, 0.4) is 0 Å². The molecule has 0 fully saturated rings. The van der Waals surface area contributed by atoms with Crippen molar-refractivity contribution in [1.82, 2.24) is 10.3 Å². The van der Waals surface area contributed by atoms with Gasteiger partial charge in [-0.3, -0.25) is 0 Å². The highest BCUT2D eigenvalue weighted by Gasteiger charge is 2.24. The number of rotatable bonds is 5. The molecular formula is C17H24N2O. The predicted molar refractivity (Wildman–Crippen MR) is 83.1 cm³/mol. The second-order valence-corrected chi connectivity index (χ2v) is 5.86. The lowest BCUT2D eigenvalue weighted by atomic mass is 9.91. The summed E-state index contributed by atoms with van der Waals surface area (Å²) in [6.45, 7) is 3.07. The van der Waals surface area contributed by atoms with Crippen LogP contribution < -0.4 is 5.32 Å². The second kappa shape index (κ2) is 5.98. The Balaban J connectivity index is 1.82. The lowest BCUT2D eigenvalue weighted by Gasteiger charge is -2.27. The normalized spacial score (nSPS) is 20.0. The first kappa shape index (κ1) is 13.7. The van der Waals surface area contributed by atoms with Crippen molar-refractivity contribution < 1.29 is 4.74 Å². The molecule has 2 atom stereocenters. The molecule has 0 saturated carbocycles. The smallest absolute Gasteiger partial charge is 0.0478 e. The van der Waals surface area contributed by atoms with Gasteiger partial charge in [0.15, 0.2) is 0 Å². The average Bonchev–Trinajstić information content (AvgIpc) is 2.85. The minimum Gasteiger partial charge on any atom is -0.385 e. The van der Waals surface area contributed by atoms with Crippen LogP contribution in [0.5, 0.6) is 0 Å². The number of aryl methyl sites for hydroxylation is 1. The van der Waals surface area contributed by atoms with Crippen LogP contribution >= 0.6 is 0 Å². The van der Waals surface area contributed by atoms with Crippen molar-refractivity contribution in [3.63, 3.8) is 0 Å². The summed E-state index contributed by atoms with van der Waals surface area (Å²) >= 11 is 0. The van der Waals surface area contributed by atoms with E-state index in [1.54, 1.807) is 7.11 Å². The standard InChI is InChI=1S/C17H24N2O/c1-12(10-11-20-2)18-16-9-5-7-14-13-6-3-4-8-15(13)19-17(14)16/h3-4,6,8,12,16,18-19H,5,7,9-11H2,1-2H3. The summed E-state index contributed by atoms with van der Waals surface area (Å²) in [5, 5.41) is 5.16. The van der Waals surface area contributed by atoms with Gasteiger partial charge in [-0.15, -0.1) is 0 Å². The van der Waals surface area contributed by atoms with E-state index in [1.807, 2.05) is 0 Å².